The van der Waals surface area contributed by atoms with Gasteiger partial charge in [-0.25, -0.2) is 4.98 Å². The summed E-state index contributed by atoms with van der Waals surface area (Å²) in [4.78, 5) is 21.9. The summed E-state index contributed by atoms with van der Waals surface area (Å²) in [7, 11) is 0. The summed E-state index contributed by atoms with van der Waals surface area (Å²) in [5, 5.41) is 4.83. The second kappa shape index (κ2) is 8.77. The van der Waals surface area contributed by atoms with Crippen LogP contribution in [0, 0.1) is 0 Å². The van der Waals surface area contributed by atoms with E-state index in [1.54, 1.807) is 29.8 Å². The van der Waals surface area contributed by atoms with Crippen molar-refractivity contribution < 1.29 is 14.3 Å². The van der Waals surface area contributed by atoms with Gasteiger partial charge in [0.05, 0.1) is 23.2 Å². The molecule has 3 aromatic heterocycles. The number of hydrogen-bond donors (Lipinski definition) is 0. The molecule has 0 spiro atoms. The molecule has 0 bridgehead atoms. The van der Waals surface area contributed by atoms with Crippen LogP contribution in [0.3, 0.4) is 0 Å². The largest absolute Gasteiger partial charge is 0.460 e. The summed E-state index contributed by atoms with van der Waals surface area (Å²) in [5.74, 6) is 0.945. The number of thiazole rings is 1. The first-order valence-corrected chi connectivity index (χ1v) is 10.3. The average molecular weight is 409 g/mol. The second-order valence-electron chi connectivity index (χ2n) is 5.86. The molecule has 0 aliphatic carbocycles. The Hall–Kier alpha value is -3.03. The number of thiophene rings is 1. The molecule has 0 aliphatic rings. The summed E-state index contributed by atoms with van der Waals surface area (Å²) in [6, 6.07) is 15.1. The van der Waals surface area contributed by atoms with E-state index in [0.29, 0.717) is 11.5 Å². The minimum atomic E-state index is -0.320. The van der Waals surface area contributed by atoms with E-state index in [2.05, 4.69) is 9.97 Å². The van der Waals surface area contributed by atoms with Crippen molar-refractivity contribution >= 4 is 28.6 Å². The van der Waals surface area contributed by atoms with Crippen molar-refractivity contribution in [3.05, 3.63) is 82.9 Å². The van der Waals surface area contributed by atoms with E-state index in [4.69, 9.17) is 9.47 Å². The molecule has 0 saturated carbocycles. The molecule has 7 heteroatoms. The number of hydrogen-bond acceptors (Lipinski definition) is 7. The van der Waals surface area contributed by atoms with Crippen molar-refractivity contribution in [2.24, 2.45) is 0 Å². The van der Waals surface area contributed by atoms with Gasteiger partial charge in [-0.1, -0.05) is 24.3 Å². The van der Waals surface area contributed by atoms with Crippen molar-refractivity contribution in [2.75, 3.05) is 0 Å². The summed E-state index contributed by atoms with van der Waals surface area (Å²) in [6.45, 7) is 0.136. The monoisotopic (exact) mass is 408 g/mol. The molecular weight excluding hydrogens is 392 g/mol. The molecule has 3 heterocycles. The highest BCUT2D eigenvalue weighted by molar-refractivity contribution is 7.20. The number of esters is 1. The van der Waals surface area contributed by atoms with E-state index in [1.807, 2.05) is 53.2 Å². The fourth-order valence-electron chi connectivity index (χ4n) is 2.52. The number of para-hydroxylation sites is 1. The van der Waals surface area contributed by atoms with Crippen LogP contribution in [0.25, 0.3) is 9.88 Å². The first kappa shape index (κ1) is 18.3. The number of ether oxygens (including phenoxy) is 2. The topological polar surface area (TPSA) is 61.3 Å². The van der Waals surface area contributed by atoms with Crippen LogP contribution in [0.5, 0.6) is 11.5 Å². The first-order valence-electron chi connectivity index (χ1n) is 8.57. The second-order valence-corrected chi connectivity index (χ2v) is 7.66. The van der Waals surface area contributed by atoms with Gasteiger partial charge >= 0.3 is 5.97 Å². The predicted octanol–water partition coefficient (Wildman–Crippen LogP) is 5.34. The Morgan fingerprint density at radius 2 is 1.96 bits per heavy atom. The summed E-state index contributed by atoms with van der Waals surface area (Å²) in [5.41, 5.74) is 1.51. The maximum atomic E-state index is 12.2. The number of nitrogens with zero attached hydrogens (tertiary/aromatic N) is 2. The molecule has 0 aliphatic heterocycles. The van der Waals surface area contributed by atoms with Gasteiger partial charge < -0.3 is 9.47 Å². The molecule has 0 saturated heterocycles. The Balaban J connectivity index is 1.36. The Labute approximate surface area is 170 Å². The molecule has 1 aromatic carbocycles. The Bertz CT molecular complexity index is 1050. The minimum absolute atomic E-state index is 0.136. The van der Waals surface area contributed by atoms with E-state index < -0.39 is 0 Å². The van der Waals surface area contributed by atoms with E-state index in [1.165, 1.54) is 11.3 Å². The van der Waals surface area contributed by atoms with Gasteiger partial charge in [-0.05, 0) is 29.6 Å². The number of pyridine rings is 1. The molecule has 0 unspecified atom stereocenters. The molecule has 5 nitrogen and oxygen atoms in total. The summed E-state index contributed by atoms with van der Waals surface area (Å²) in [6.07, 6.45) is 3.46. The lowest BCUT2D eigenvalue weighted by molar-refractivity contribution is -0.144. The number of benzene rings is 1. The van der Waals surface area contributed by atoms with Crippen LogP contribution in [-0.2, 0) is 22.6 Å². The van der Waals surface area contributed by atoms with Gasteiger partial charge in [0.1, 0.15) is 23.1 Å². The van der Waals surface area contributed by atoms with E-state index >= 15 is 0 Å². The van der Waals surface area contributed by atoms with E-state index in [0.717, 1.165) is 21.1 Å². The fourth-order valence-corrected chi connectivity index (χ4v) is 4.15. The number of aromatic nitrogens is 2. The lowest BCUT2D eigenvalue weighted by Gasteiger charge is -2.11. The minimum Gasteiger partial charge on any atom is -0.460 e. The SMILES string of the molecule is O=C(Cc1csc(-c2cccs2)n1)OCc1ccccc1Oc1cccnc1. The molecule has 140 valence electrons. The van der Waals surface area contributed by atoms with Crippen molar-refractivity contribution in [1.82, 2.24) is 9.97 Å². The van der Waals surface area contributed by atoms with E-state index in [9.17, 15) is 4.79 Å². The summed E-state index contributed by atoms with van der Waals surface area (Å²) < 4.78 is 11.3. The van der Waals surface area contributed by atoms with Crippen LogP contribution >= 0.6 is 22.7 Å². The smallest absolute Gasteiger partial charge is 0.312 e. The zero-order valence-electron chi connectivity index (χ0n) is 14.8. The number of carbonyl (C=O) groups is 1. The molecule has 0 amide bonds. The average Bonchev–Trinajstić information content (AvgIpc) is 3.40. The van der Waals surface area contributed by atoms with Gasteiger partial charge in [-0.3, -0.25) is 9.78 Å². The zero-order chi connectivity index (χ0) is 19.2. The molecule has 4 aromatic rings. The Morgan fingerprint density at radius 1 is 1.04 bits per heavy atom. The summed E-state index contributed by atoms with van der Waals surface area (Å²) >= 11 is 3.16. The quantitative estimate of drug-likeness (QED) is 0.386. The molecule has 0 N–H and O–H groups in total. The van der Waals surface area contributed by atoms with Gasteiger partial charge in [-0.2, -0.15) is 0 Å². The van der Waals surface area contributed by atoms with Gasteiger partial charge in [0.15, 0.2) is 0 Å². The number of carbonyl (C=O) groups excluding carboxylic acids is 1. The molecular formula is C21H16N2O3S2. The van der Waals surface area contributed by atoms with Gasteiger partial charge in [0.2, 0.25) is 0 Å². The predicted molar refractivity (Wildman–Crippen MR) is 110 cm³/mol. The van der Waals surface area contributed by atoms with Crippen LogP contribution in [-0.4, -0.2) is 15.9 Å². The fraction of sp³-hybridized carbons (Fsp3) is 0.0952. The molecule has 4 rings (SSSR count). The van der Waals surface area contributed by atoms with Crippen LogP contribution in [0.15, 0.2) is 71.7 Å². The van der Waals surface area contributed by atoms with Crippen LogP contribution in [0.4, 0.5) is 0 Å². The molecule has 0 fully saturated rings. The van der Waals surface area contributed by atoms with Crippen LogP contribution in [0.1, 0.15) is 11.3 Å². The van der Waals surface area contributed by atoms with Crippen LogP contribution < -0.4 is 4.74 Å². The third kappa shape index (κ3) is 4.62. The third-order valence-corrected chi connectivity index (χ3v) is 5.76. The van der Waals surface area contributed by atoms with Crippen molar-refractivity contribution in [1.29, 1.82) is 0 Å². The van der Waals surface area contributed by atoms with E-state index in [-0.39, 0.29) is 19.0 Å². The Kier molecular flexibility index (Phi) is 5.75. The van der Waals surface area contributed by atoms with Crippen molar-refractivity contribution in [3.8, 4) is 21.4 Å². The normalized spacial score (nSPS) is 10.6. The Morgan fingerprint density at radius 3 is 2.79 bits per heavy atom. The van der Waals surface area contributed by atoms with Crippen molar-refractivity contribution in [2.45, 2.75) is 13.0 Å². The van der Waals surface area contributed by atoms with Gasteiger partial charge in [0, 0.05) is 17.1 Å². The number of rotatable bonds is 7. The van der Waals surface area contributed by atoms with Crippen molar-refractivity contribution in [3.63, 3.8) is 0 Å². The van der Waals surface area contributed by atoms with Gasteiger partial charge in [0.25, 0.3) is 0 Å². The first-order chi connectivity index (χ1) is 13.8. The highest BCUT2D eigenvalue weighted by Gasteiger charge is 2.12. The molecule has 28 heavy (non-hydrogen) atoms. The molecule has 0 radical (unpaired) electrons. The third-order valence-electron chi connectivity index (χ3n) is 3.83. The van der Waals surface area contributed by atoms with Gasteiger partial charge in [-0.15, -0.1) is 22.7 Å². The molecule has 0 atom stereocenters. The highest BCUT2D eigenvalue weighted by Crippen LogP contribution is 2.28. The highest BCUT2D eigenvalue weighted by atomic mass is 32.1. The lowest BCUT2D eigenvalue weighted by atomic mass is 10.2. The van der Waals surface area contributed by atoms with Crippen LogP contribution in [0.2, 0.25) is 0 Å². The standard InChI is InChI=1S/C21H16N2O3S2/c24-20(11-16-14-28-21(23-16)19-8-4-10-27-19)25-13-15-5-1-2-7-18(15)26-17-6-3-9-22-12-17/h1-10,12,14H,11,13H2. The maximum absolute atomic E-state index is 12.2. The zero-order valence-corrected chi connectivity index (χ0v) is 16.4. The maximum Gasteiger partial charge on any atom is 0.312 e. The lowest BCUT2D eigenvalue weighted by Crippen LogP contribution is -2.08.